The van der Waals surface area contributed by atoms with E-state index >= 15 is 0 Å². The summed E-state index contributed by atoms with van der Waals surface area (Å²) in [7, 11) is 1.62. The summed E-state index contributed by atoms with van der Waals surface area (Å²) in [5, 5.41) is 5.09. The molecule has 0 radical (unpaired) electrons. The highest BCUT2D eigenvalue weighted by Crippen LogP contribution is 2.69. The van der Waals surface area contributed by atoms with Gasteiger partial charge in [0.1, 0.15) is 6.10 Å². The van der Waals surface area contributed by atoms with Gasteiger partial charge in [-0.1, -0.05) is 31.2 Å². The number of pyridine rings is 1. The maximum atomic E-state index is 11.9. The third kappa shape index (κ3) is 2.97. The zero-order valence-corrected chi connectivity index (χ0v) is 20.7. The Labute approximate surface area is 207 Å². The monoisotopic (exact) mass is 470 g/mol. The quantitative estimate of drug-likeness (QED) is 0.568. The summed E-state index contributed by atoms with van der Waals surface area (Å²) in [4.78, 5) is 16.3. The fraction of sp³-hybridized carbons (Fsp3) is 0.533. The normalized spacial score (nSPS) is 39.2. The van der Waals surface area contributed by atoms with Crippen LogP contribution in [0.3, 0.4) is 0 Å². The molecule has 5 heteroatoms. The van der Waals surface area contributed by atoms with Crippen LogP contribution in [0.15, 0.2) is 60.0 Å². The smallest absolute Gasteiger partial charge is 0.407 e. The molecule has 7 rings (SSSR count). The lowest BCUT2D eigenvalue weighted by Gasteiger charge is -2.54. The van der Waals surface area contributed by atoms with Crippen LogP contribution in [0.1, 0.15) is 69.8 Å². The van der Waals surface area contributed by atoms with Gasteiger partial charge in [-0.3, -0.25) is 4.98 Å². The van der Waals surface area contributed by atoms with Gasteiger partial charge in [0.05, 0.1) is 11.2 Å². The number of rotatable bonds is 2. The minimum absolute atomic E-state index is 0.0784. The van der Waals surface area contributed by atoms with Gasteiger partial charge >= 0.3 is 6.09 Å². The third-order valence-corrected chi connectivity index (χ3v) is 10.2. The number of amides is 1. The summed E-state index contributed by atoms with van der Waals surface area (Å²) in [6.07, 6.45) is 16.7. The summed E-state index contributed by atoms with van der Waals surface area (Å²) in [6.45, 7) is 2.51. The predicted octanol–water partition coefficient (Wildman–Crippen LogP) is 6.20. The minimum atomic E-state index is -0.336. The molecule has 2 aliphatic heterocycles. The molecule has 3 fully saturated rings. The molecule has 2 saturated carbocycles. The van der Waals surface area contributed by atoms with E-state index in [-0.39, 0.29) is 28.8 Å². The Hall–Kier alpha value is -2.66. The highest BCUT2D eigenvalue weighted by molar-refractivity contribution is 5.82. The van der Waals surface area contributed by atoms with Gasteiger partial charge in [0, 0.05) is 31.2 Å². The number of ether oxygens (including phenoxy) is 2. The largest absolute Gasteiger partial charge is 0.446 e. The SMILES string of the molecule is CNC(=O)O[C@@H]1CCC2=CC3=CCC4(C)C(c5ccc6ccncc6c5)CC[C@H]4[C@@]34CC[C@]2(C1)O4. The second-order valence-corrected chi connectivity index (χ2v) is 11.7. The summed E-state index contributed by atoms with van der Waals surface area (Å²) < 4.78 is 13.0. The molecule has 35 heavy (non-hydrogen) atoms. The van der Waals surface area contributed by atoms with E-state index in [1.165, 1.54) is 40.3 Å². The highest BCUT2D eigenvalue weighted by Gasteiger charge is 2.66. The first kappa shape index (κ1) is 21.6. The van der Waals surface area contributed by atoms with Crippen molar-refractivity contribution >= 4 is 16.9 Å². The van der Waals surface area contributed by atoms with Crippen LogP contribution in [0.2, 0.25) is 0 Å². The van der Waals surface area contributed by atoms with Crippen molar-refractivity contribution < 1.29 is 14.3 Å². The topological polar surface area (TPSA) is 60.5 Å². The number of fused-ring (bicyclic) bond motifs is 2. The third-order valence-electron chi connectivity index (χ3n) is 10.2. The van der Waals surface area contributed by atoms with Crippen LogP contribution in [-0.2, 0) is 9.47 Å². The molecule has 6 atom stereocenters. The number of hydrogen-bond donors (Lipinski definition) is 1. The second kappa shape index (κ2) is 7.42. The Kier molecular flexibility index (Phi) is 4.58. The minimum Gasteiger partial charge on any atom is -0.446 e. The van der Waals surface area contributed by atoms with E-state index in [1.807, 2.05) is 12.4 Å². The number of nitrogens with one attached hydrogen (secondary N) is 1. The zero-order valence-electron chi connectivity index (χ0n) is 20.7. The van der Waals surface area contributed by atoms with Crippen LogP contribution < -0.4 is 5.32 Å². The zero-order chi connectivity index (χ0) is 23.8. The summed E-state index contributed by atoms with van der Waals surface area (Å²) in [5.74, 6) is 1.02. The Morgan fingerprint density at radius 3 is 2.97 bits per heavy atom. The van der Waals surface area contributed by atoms with Gasteiger partial charge in [-0.25, -0.2) is 4.79 Å². The fourth-order valence-corrected chi connectivity index (χ4v) is 8.54. The molecule has 1 aromatic heterocycles. The van der Waals surface area contributed by atoms with E-state index in [2.05, 4.69) is 53.6 Å². The number of alkyl carbamates (subject to hydrolysis) is 1. The average molecular weight is 471 g/mol. The number of hydrogen-bond acceptors (Lipinski definition) is 4. The maximum Gasteiger partial charge on any atom is 0.407 e. The van der Waals surface area contributed by atoms with Crippen molar-refractivity contribution in [2.75, 3.05) is 7.05 Å². The van der Waals surface area contributed by atoms with Gasteiger partial charge in [-0.05, 0) is 96.4 Å². The van der Waals surface area contributed by atoms with Gasteiger partial charge in [0.2, 0.25) is 0 Å². The van der Waals surface area contributed by atoms with Gasteiger partial charge in [-0.2, -0.15) is 0 Å². The van der Waals surface area contributed by atoms with Crippen molar-refractivity contribution in [3.8, 4) is 0 Å². The van der Waals surface area contributed by atoms with E-state index in [0.717, 1.165) is 38.5 Å². The van der Waals surface area contributed by atoms with Crippen molar-refractivity contribution in [2.24, 2.45) is 11.3 Å². The van der Waals surface area contributed by atoms with Crippen molar-refractivity contribution in [1.29, 1.82) is 0 Å². The summed E-state index contributed by atoms with van der Waals surface area (Å²) >= 11 is 0. The Bertz CT molecular complexity index is 1280. The van der Waals surface area contributed by atoms with Crippen LogP contribution in [0.25, 0.3) is 10.8 Å². The number of benzene rings is 1. The number of carbonyl (C=O) groups is 1. The second-order valence-electron chi connectivity index (χ2n) is 11.7. The number of nitrogens with zero attached hydrogens (tertiary/aromatic N) is 1. The molecule has 182 valence electrons. The van der Waals surface area contributed by atoms with Crippen LogP contribution in [0, 0.1) is 11.3 Å². The van der Waals surface area contributed by atoms with Crippen LogP contribution in [0.5, 0.6) is 0 Å². The molecule has 1 aromatic carbocycles. The summed E-state index contributed by atoms with van der Waals surface area (Å²) in [6, 6.07) is 9.07. The van der Waals surface area contributed by atoms with Gasteiger partial charge in [0.25, 0.3) is 0 Å². The molecule has 2 aromatic rings. The van der Waals surface area contributed by atoms with E-state index in [4.69, 9.17) is 9.47 Å². The summed E-state index contributed by atoms with van der Waals surface area (Å²) in [5.41, 5.74) is 4.01. The number of allylic oxidation sites excluding steroid dienone is 1. The molecule has 1 amide bonds. The molecular weight excluding hydrogens is 436 g/mol. The van der Waals surface area contributed by atoms with E-state index in [1.54, 1.807) is 7.05 Å². The molecule has 2 unspecified atom stereocenters. The first-order chi connectivity index (χ1) is 17.0. The van der Waals surface area contributed by atoms with Gasteiger partial charge < -0.3 is 14.8 Å². The van der Waals surface area contributed by atoms with Crippen LogP contribution in [0.4, 0.5) is 4.79 Å². The predicted molar refractivity (Wildman–Crippen MR) is 135 cm³/mol. The number of carbonyl (C=O) groups excluding carboxylic acids is 1. The van der Waals surface area contributed by atoms with Crippen LogP contribution >= 0.6 is 0 Å². The van der Waals surface area contributed by atoms with Gasteiger partial charge in [0.15, 0.2) is 0 Å². The van der Waals surface area contributed by atoms with Crippen molar-refractivity contribution in [1.82, 2.24) is 10.3 Å². The molecule has 1 saturated heterocycles. The Morgan fingerprint density at radius 1 is 1.17 bits per heavy atom. The Morgan fingerprint density at radius 2 is 2.09 bits per heavy atom. The molecule has 2 bridgehead atoms. The van der Waals surface area contributed by atoms with Crippen molar-refractivity contribution in [2.45, 2.75) is 81.5 Å². The average Bonchev–Trinajstić information content (AvgIpc) is 3.38. The van der Waals surface area contributed by atoms with Crippen molar-refractivity contribution in [3.05, 3.63) is 65.5 Å². The molecule has 5 aliphatic rings. The lowest BCUT2D eigenvalue weighted by Crippen LogP contribution is -2.54. The lowest BCUT2D eigenvalue weighted by molar-refractivity contribution is -0.144. The molecular formula is C30H34N2O3. The van der Waals surface area contributed by atoms with Gasteiger partial charge in [-0.15, -0.1) is 0 Å². The van der Waals surface area contributed by atoms with E-state index < -0.39 is 0 Å². The fourth-order valence-electron chi connectivity index (χ4n) is 8.54. The van der Waals surface area contributed by atoms with Crippen LogP contribution in [-0.4, -0.2) is 35.4 Å². The van der Waals surface area contributed by atoms with Crippen molar-refractivity contribution in [3.63, 3.8) is 0 Å². The Balaban J connectivity index is 1.23. The highest BCUT2D eigenvalue weighted by atomic mass is 16.6. The number of aromatic nitrogens is 1. The standard InChI is InChI=1S/C30H34N2O3/c1-28-11-9-23-16-22-5-6-24(34-27(33)31-2)17-29(22)12-13-30(23,35-29)26(28)8-7-25(28)20-4-3-19-10-14-32-18-21(19)15-20/h3-4,9-10,14-16,18,24-26H,5-8,11-13,17H2,1-2H3,(H,31,33)/t24-,25?,26-,28?,29-,30-/m1/s1. The first-order valence-electron chi connectivity index (χ1n) is 13.3. The molecule has 2 spiro atoms. The lowest BCUT2D eigenvalue weighted by atomic mass is 9.58. The molecule has 3 heterocycles. The molecule has 5 nitrogen and oxygen atoms in total. The maximum absolute atomic E-state index is 11.9. The molecule has 3 aliphatic carbocycles. The van der Waals surface area contributed by atoms with E-state index in [0.29, 0.717) is 11.8 Å². The first-order valence-corrected chi connectivity index (χ1v) is 13.3. The molecule has 1 N–H and O–H groups in total. The van der Waals surface area contributed by atoms with E-state index in [9.17, 15) is 4.79 Å².